The SMILES string of the molecule is C/C=c1\c(=C/C)nc(Cl)c2cnn(C)c12. The molecule has 2 heterocycles. The first kappa shape index (κ1) is 10.2. The smallest absolute Gasteiger partial charge is 0.140 e. The van der Waals surface area contributed by atoms with Gasteiger partial charge >= 0.3 is 0 Å². The van der Waals surface area contributed by atoms with Gasteiger partial charge in [0, 0.05) is 12.3 Å². The van der Waals surface area contributed by atoms with Gasteiger partial charge in [0.25, 0.3) is 0 Å². The topological polar surface area (TPSA) is 30.7 Å². The van der Waals surface area contributed by atoms with Gasteiger partial charge in [-0.3, -0.25) is 4.68 Å². The van der Waals surface area contributed by atoms with Crippen molar-refractivity contribution in [2.75, 3.05) is 0 Å². The van der Waals surface area contributed by atoms with Crippen LogP contribution in [0.3, 0.4) is 0 Å². The zero-order chi connectivity index (χ0) is 11.0. The second kappa shape index (κ2) is 3.66. The second-order valence-corrected chi connectivity index (χ2v) is 3.67. The quantitative estimate of drug-likeness (QED) is 0.627. The van der Waals surface area contributed by atoms with Crippen LogP contribution in [0.25, 0.3) is 23.1 Å². The van der Waals surface area contributed by atoms with Gasteiger partial charge in [-0.15, -0.1) is 0 Å². The maximum Gasteiger partial charge on any atom is 0.140 e. The summed E-state index contributed by atoms with van der Waals surface area (Å²) in [6.07, 6.45) is 5.73. The highest BCUT2D eigenvalue weighted by atomic mass is 35.5. The van der Waals surface area contributed by atoms with Crippen molar-refractivity contribution in [2.24, 2.45) is 7.05 Å². The first-order valence-electron chi connectivity index (χ1n) is 4.79. The van der Waals surface area contributed by atoms with E-state index in [1.54, 1.807) is 6.20 Å². The van der Waals surface area contributed by atoms with Crippen LogP contribution in [0.1, 0.15) is 13.8 Å². The summed E-state index contributed by atoms with van der Waals surface area (Å²) < 4.78 is 1.82. The fourth-order valence-corrected chi connectivity index (χ4v) is 1.99. The third kappa shape index (κ3) is 1.43. The molecule has 0 amide bonds. The minimum absolute atomic E-state index is 0.511. The number of rotatable bonds is 0. The van der Waals surface area contributed by atoms with E-state index in [0.717, 1.165) is 21.5 Å². The number of nitrogens with zero attached hydrogens (tertiary/aromatic N) is 3. The van der Waals surface area contributed by atoms with Crippen molar-refractivity contribution in [3.8, 4) is 0 Å². The highest BCUT2D eigenvalue weighted by Crippen LogP contribution is 2.15. The summed E-state index contributed by atoms with van der Waals surface area (Å²) in [5.74, 6) is 0. The van der Waals surface area contributed by atoms with E-state index in [0.29, 0.717) is 5.15 Å². The molecule has 0 aromatic carbocycles. The van der Waals surface area contributed by atoms with Crippen molar-refractivity contribution in [3.63, 3.8) is 0 Å². The van der Waals surface area contributed by atoms with E-state index < -0.39 is 0 Å². The molecule has 0 spiro atoms. The van der Waals surface area contributed by atoms with Crippen LogP contribution in [0.4, 0.5) is 0 Å². The minimum Gasteiger partial charge on any atom is -0.267 e. The van der Waals surface area contributed by atoms with Crippen LogP contribution in [0.15, 0.2) is 6.20 Å². The van der Waals surface area contributed by atoms with Crippen LogP contribution in [-0.4, -0.2) is 14.8 Å². The van der Waals surface area contributed by atoms with E-state index in [-0.39, 0.29) is 0 Å². The summed E-state index contributed by atoms with van der Waals surface area (Å²) in [6, 6.07) is 0. The molecule has 15 heavy (non-hydrogen) atoms. The zero-order valence-electron chi connectivity index (χ0n) is 8.95. The number of aromatic nitrogens is 3. The van der Waals surface area contributed by atoms with Crippen LogP contribution < -0.4 is 10.6 Å². The summed E-state index contributed by atoms with van der Waals surface area (Å²) in [5.41, 5.74) is 1.03. The number of fused-ring (bicyclic) bond motifs is 1. The monoisotopic (exact) mass is 221 g/mol. The normalized spacial score (nSPS) is 14.1. The van der Waals surface area contributed by atoms with Crippen LogP contribution in [-0.2, 0) is 7.05 Å². The number of aryl methyl sites for hydroxylation is 1. The Labute approximate surface area is 92.7 Å². The molecule has 0 bridgehead atoms. The third-order valence-electron chi connectivity index (χ3n) is 2.47. The molecule has 3 nitrogen and oxygen atoms in total. The molecule has 0 saturated heterocycles. The fraction of sp³-hybridized carbons (Fsp3) is 0.273. The van der Waals surface area contributed by atoms with Crippen LogP contribution in [0, 0.1) is 0 Å². The molecular weight excluding hydrogens is 210 g/mol. The number of hydrogen-bond donors (Lipinski definition) is 0. The molecule has 0 fully saturated rings. The van der Waals surface area contributed by atoms with Crippen molar-refractivity contribution >= 4 is 34.7 Å². The van der Waals surface area contributed by atoms with E-state index in [1.165, 1.54) is 0 Å². The Balaban J connectivity index is 3.18. The Morgan fingerprint density at radius 3 is 2.67 bits per heavy atom. The number of hydrogen-bond acceptors (Lipinski definition) is 2. The Bertz CT molecular complexity index is 625. The zero-order valence-corrected chi connectivity index (χ0v) is 9.71. The molecule has 0 aliphatic carbocycles. The van der Waals surface area contributed by atoms with Crippen LogP contribution >= 0.6 is 11.6 Å². The Morgan fingerprint density at radius 2 is 2.07 bits per heavy atom. The van der Waals surface area contributed by atoms with Gasteiger partial charge < -0.3 is 0 Å². The van der Waals surface area contributed by atoms with Crippen LogP contribution in [0.2, 0.25) is 5.15 Å². The van der Waals surface area contributed by atoms with E-state index in [2.05, 4.69) is 10.1 Å². The second-order valence-electron chi connectivity index (χ2n) is 3.31. The van der Waals surface area contributed by atoms with E-state index in [4.69, 9.17) is 11.6 Å². The molecule has 2 aromatic heterocycles. The van der Waals surface area contributed by atoms with Gasteiger partial charge in [0.05, 0.1) is 22.4 Å². The van der Waals surface area contributed by atoms with Crippen molar-refractivity contribution in [3.05, 3.63) is 21.9 Å². The molecular formula is C11H12ClN3. The molecule has 2 rings (SSSR count). The fourth-order valence-electron chi connectivity index (χ4n) is 1.76. The average Bonchev–Trinajstić information content (AvgIpc) is 2.61. The maximum absolute atomic E-state index is 6.08. The molecule has 0 atom stereocenters. The maximum atomic E-state index is 6.08. The van der Waals surface area contributed by atoms with Gasteiger partial charge in [-0.2, -0.15) is 5.10 Å². The van der Waals surface area contributed by atoms with Gasteiger partial charge in [0.1, 0.15) is 5.15 Å². The molecule has 2 aromatic rings. The lowest BCUT2D eigenvalue weighted by molar-refractivity contribution is 0.794. The van der Waals surface area contributed by atoms with Crippen LogP contribution in [0.5, 0.6) is 0 Å². The van der Waals surface area contributed by atoms with Crippen molar-refractivity contribution in [2.45, 2.75) is 13.8 Å². The number of halogens is 1. The van der Waals surface area contributed by atoms with Gasteiger partial charge in [-0.1, -0.05) is 23.8 Å². The Kier molecular flexibility index (Phi) is 2.49. The lowest BCUT2D eigenvalue weighted by Crippen LogP contribution is -2.29. The first-order chi connectivity index (χ1) is 7.19. The minimum atomic E-state index is 0.511. The number of pyridine rings is 1. The molecule has 78 valence electrons. The molecule has 0 saturated carbocycles. The average molecular weight is 222 g/mol. The summed E-state index contributed by atoms with van der Waals surface area (Å²) in [5, 5.41) is 7.59. The van der Waals surface area contributed by atoms with E-state index in [9.17, 15) is 0 Å². The molecule has 4 heteroatoms. The first-order valence-corrected chi connectivity index (χ1v) is 5.16. The summed E-state index contributed by atoms with van der Waals surface area (Å²) >= 11 is 6.08. The summed E-state index contributed by atoms with van der Waals surface area (Å²) in [4.78, 5) is 4.33. The molecule has 0 aliphatic rings. The predicted octanol–water partition coefficient (Wildman–Crippen LogP) is 1.22. The van der Waals surface area contributed by atoms with Crippen molar-refractivity contribution in [1.82, 2.24) is 14.8 Å². The van der Waals surface area contributed by atoms with Gasteiger partial charge in [0.2, 0.25) is 0 Å². The summed E-state index contributed by atoms with van der Waals surface area (Å²) in [6.45, 7) is 3.94. The Hall–Kier alpha value is -1.35. The summed E-state index contributed by atoms with van der Waals surface area (Å²) in [7, 11) is 1.91. The highest BCUT2D eigenvalue weighted by Gasteiger charge is 2.07. The van der Waals surface area contributed by atoms with Gasteiger partial charge in [-0.25, -0.2) is 4.98 Å². The molecule has 0 N–H and O–H groups in total. The van der Waals surface area contributed by atoms with Crippen molar-refractivity contribution in [1.29, 1.82) is 0 Å². The lowest BCUT2D eigenvalue weighted by Gasteiger charge is -1.98. The van der Waals surface area contributed by atoms with E-state index >= 15 is 0 Å². The van der Waals surface area contributed by atoms with Gasteiger partial charge in [0.15, 0.2) is 0 Å². The lowest BCUT2D eigenvalue weighted by atomic mass is 10.2. The van der Waals surface area contributed by atoms with Crippen molar-refractivity contribution < 1.29 is 0 Å². The highest BCUT2D eigenvalue weighted by molar-refractivity contribution is 6.34. The third-order valence-corrected chi connectivity index (χ3v) is 2.76. The van der Waals surface area contributed by atoms with E-state index in [1.807, 2.05) is 37.7 Å². The predicted molar refractivity (Wildman–Crippen MR) is 63.0 cm³/mol. The molecule has 0 aliphatic heterocycles. The molecule has 0 unspecified atom stereocenters. The Morgan fingerprint density at radius 1 is 1.33 bits per heavy atom. The standard InChI is InChI=1S/C11H12ClN3/c1-4-7-9(5-2)14-11(12)8-6-13-15(3)10(7)8/h4-6H,1-3H3/b7-4+,9-5+. The van der Waals surface area contributed by atoms with Gasteiger partial charge in [-0.05, 0) is 13.8 Å². The molecule has 0 radical (unpaired) electrons. The largest absolute Gasteiger partial charge is 0.267 e.